The van der Waals surface area contributed by atoms with Crippen LogP contribution in [-0.2, 0) is 24.3 Å². The maximum Gasteiger partial charge on any atom is 0.335 e. The van der Waals surface area contributed by atoms with Crippen LogP contribution in [0.25, 0.3) is 0 Å². The van der Waals surface area contributed by atoms with Crippen LogP contribution in [0, 0.1) is 23.6 Å². The zero-order valence-electron chi connectivity index (χ0n) is 25.8. The van der Waals surface area contributed by atoms with E-state index in [2.05, 4.69) is 16.6 Å². The number of carboxylic acid groups (broad SMARTS) is 1. The summed E-state index contributed by atoms with van der Waals surface area (Å²) in [5.74, 6) is 3.41. The van der Waals surface area contributed by atoms with Crippen LogP contribution in [0.3, 0.4) is 0 Å². The molecule has 14 heteroatoms. The molecule has 2 aliphatic heterocycles. The van der Waals surface area contributed by atoms with Gasteiger partial charge in [0.05, 0.1) is 37.0 Å². The normalized spacial score (nSPS) is 24.6. The number of carbonyl (C=O) groups excluding carboxylic acids is 1. The SMILES string of the molecule is CS(=O)(=O)NCC#Cc1ccc(N2C(=O)C(CC[C@H](O)c3ccc(F)cc3)[C@H]2c2ccc(O[C@H]3C[C@@H](O)[C@H](O)[C@@H](C(=O)O)O3)cc2)cc1. The van der Waals surface area contributed by atoms with Crippen LogP contribution >= 0.6 is 0 Å². The van der Waals surface area contributed by atoms with Crippen LogP contribution in [0.5, 0.6) is 5.75 Å². The van der Waals surface area contributed by atoms with Gasteiger partial charge in [-0.1, -0.05) is 36.1 Å². The minimum absolute atomic E-state index is 0.0476. The number of β-lactam (4-membered cyclic amide) rings is 1. The summed E-state index contributed by atoms with van der Waals surface area (Å²) in [6.45, 7) is -0.0476. The number of aliphatic hydroxyl groups excluding tert-OH is 3. The number of anilines is 1. The lowest BCUT2D eigenvalue weighted by Gasteiger charge is -2.48. The Hall–Kier alpha value is -4.36. The van der Waals surface area contributed by atoms with Gasteiger partial charge < -0.3 is 34.8 Å². The molecule has 48 heavy (non-hydrogen) atoms. The Bertz CT molecular complexity index is 1780. The molecular formula is C34H35FN2O10S. The smallest absolute Gasteiger partial charge is 0.335 e. The molecule has 2 saturated heterocycles. The molecule has 2 heterocycles. The van der Waals surface area contributed by atoms with E-state index in [1.165, 1.54) is 24.3 Å². The van der Waals surface area contributed by atoms with E-state index in [4.69, 9.17) is 9.47 Å². The molecule has 254 valence electrons. The summed E-state index contributed by atoms with van der Waals surface area (Å²) in [4.78, 5) is 26.6. The van der Waals surface area contributed by atoms with Crippen molar-refractivity contribution in [3.05, 3.63) is 95.3 Å². The number of halogens is 1. The number of rotatable bonds is 11. The van der Waals surface area contributed by atoms with Crippen LogP contribution in [0.15, 0.2) is 72.8 Å². The van der Waals surface area contributed by atoms with Gasteiger partial charge in [-0.05, 0) is 72.5 Å². The van der Waals surface area contributed by atoms with E-state index in [9.17, 15) is 42.8 Å². The first-order chi connectivity index (χ1) is 22.8. The van der Waals surface area contributed by atoms with Crippen LogP contribution in [0.4, 0.5) is 10.1 Å². The van der Waals surface area contributed by atoms with E-state index in [1.54, 1.807) is 53.4 Å². The molecule has 0 spiro atoms. The molecule has 7 atom stereocenters. The third-order valence-electron chi connectivity index (χ3n) is 8.19. The first kappa shape index (κ1) is 35.0. The highest BCUT2D eigenvalue weighted by Gasteiger charge is 2.48. The monoisotopic (exact) mass is 682 g/mol. The molecule has 12 nitrogen and oxygen atoms in total. The van der Waals surface area contributed by atoms with Crippen LogP contribution in [0.1, 0.15) is 48.1 Å². The largest absolute Gasteiger partial charge is 0.479 e. The quantitative estimate of drug-likeness (QED) is 0.149. The van der Waals surface area contributed by atoms with Gasteiger partial charge in [-0.25, -0.2) is 22.3 Å². The Kier molecular flexibility index (Phi) is 10.8. The lowest BCUT2D eigenvalue weighted by atomic mass is 9.78. The lowest BCUT2D eigenvalue weighted by Crippen LogP contribution is -2.55. The minimum atomic E-state index is -3.37. The molecule has 2 fully saturated rings. The fraction of sp³-hybridized carbons (Fsp3) is 0.353. The van der Waals surface area contributed by atoms with Crippen LogP contribution in [-0.4, -0.2) is 78.1 Å². The number of sulfonamides is 1. The van der Waals surface area contributed by atoms with E-state index >= 15 is 0 Å². The fourth-order valence-electron chi connectivity index (χ4n) is 5.72. The Morgan fingerprint density at radius 3 is 2.38 bits per heavy atom. The van der Waals surface area contributed by atoms with Gasteiger partial charge in [0.25, 0.3) is 0 Å². The predicted octanol–water partition coefficient (Wildman–Crippen LogP) is 2.24. The Labute approximate surface area is 276 Å². The minimum Gasteiger partial charge on any atom is -0.479 e. The number of nitrogens with zero attached hydrogens (tertiary/aromatic N) is 1. The number of aliphatic hydroxyl groups is 3. The van der Waals surface area contributed by atoms with E-state index in [0.717, 1.165) is 11.8 Å². The third kappa shape index (κ3) is 8.37. The number of hydrogen-bond acceptors (Lipinski definition) is 9. The molecule has 5 N–H and O–H groups in total. The summed E-state index contributed by atoms with van der Waals surface area (Å²) < 4.78 is 49.3. The summed E-state index contributed by atoms with van der Waals surface area (Å²) >= 11 is 0. The van der Waals surface area contributed by atoms with Gasteiger partial charge in [-0.2, -0.15) is 0 Å². The summed E-state index contributed by atoms with van der Waals surface area (Å²) in [5.41, 5.74) is 2.51. The van der Waals surface area contributed by atoms with E-state index in [1.807, 2.05) is 0 Å². The number of amides is 1. The average Bonchev–Trinajstić information content (AvgIpc) is 3.04. The molecule has 0 radical (unpaired) electrons. The second kappa shape index (κ2) is 14.8. The Morgan fingerprint density at radius 2 is 1.75 bits per heavy atom. The van der Waals surface area contributed by atoms with Crippen molar-refractivity contribution in [2.75, 3.05) is 17.7 Å². The molecule has 0 saturated carbocycles. The molecule has 0 bridgehead atoms. The zero-order valence-corrected chi connectivity index (χ0v) is 26.6. The summed E-state index contributed by atoms with van der Waals surface area (Å²) in [6, 6.07) is 18.8. The standard InChI is InChI=1S/C34H35FN2O10S/c1-48(44,45)36-18-2-3-20-4-12-24(13-5-20)37-30(26(33(37)41)16-17-27(38)21-6-10-23(35)11-7-21)22-8-14-25(15-9-22)46-29-19-28(39)31(40)32(47-29)34(42)43/h4-15,26-32,36,38-40H,16-19H2,1H3,(H,42,43)/t26?,27-,28+,29+,30+,31-,32-/m0/s1. The van der Waals surface area contributed by atoms with Gasteiger partial charge in [0.2, 0.25) is 22.2 Å². The molecule has 1 amide bonds. The summed E-state index contributed by atoms with van der Waals surface area (Å²) in [5, 5.41) is 40.1. The Morgan fingerprint density at radius 1 is 1.08 bits per heavy atom. The molecule has 5 rings (SSSR count). The first-order valence-corrected chi connectivity index (χ1v) is 17.0. The number of carbonyl (C=O) groups is 2. The molecule has 0 aromatic heterocycles. The second-order valence-corrected chi connectivity index (χ2v) is 13.5. The highest BCUT2D eigenvalue weighted by molar-refractivity contribution is 7.88. The summed E-state index contributed by atoms with van der Waals surface area (Å²) in [7, 11) is -3.37. The fourth-order valence-corrected chi connectivity index (χ4v) is 6.05. The van der Waals surface area contributed by atoms with Crippen molar-refractivity contribution in [3.63, 3.8) is 0 Å². The van der Waals surface area contributed by atoms with Crippen molar-refractivity contribution in [2.24, 2.45) is 5.92 Å². The lowest BCUT2D eigenvalue weighted by molar-refractivity contribution is -0.228. The van der Waals surface area contributed by atoms with E-state index < -0.39 is 64.5 Å². The number of benzene rings is 3. The molecule has 3 aromatic rings. The highest BCUT2D eigenvalue weighted by Crippen LogP contribution is 2.46. The number of hydrogen-bond donors (Lipinski definition) is 5. The second-order valence-electron chi connectivity index (χ2n) is 11.7. The number of carboxylic acids is 1. The maximum atomic E-state index is 13.6. The zero-order chi connectivity index (χ0) is 34.6. The highest BCUT2D eigenvalue weighted by atomic mass is 32.2. The number of ether oxygens (including phenoxy) is 2. The van der Waals surface area contributed by atoms with Gasteiger partial charge in [0, 0.05) is 17.7 Å². The van der Waals surface area contributed by atoms with E-state index in [0.29, 0.717) is 29.0 Å². The van der Waals surface area contributed by atoms with Gasteiger partial charge in [-0.15, -0.1) is 0 Å². The number of nitrogens with one attached hydrogen (secondary N) is 1. The van der Waals surface area contributed by atoms with Crippen molar-refractivity contribution in [3.8, 4) is 17.6 Å². The van der Waals surface area contributed by atoms with Gasteiger partial charge in [0.15, 0.2) is 6.10 Å². The van der Waals surface area contributed by atoms with Crippen molar-refractivity contribution < 1.29 is 52.3 Å². The molecule has 3 aromatic carbocycles. The van der Waals surface area contributed by atoms with Crippen molar-refractivity contribution >= 4 is 27.6 Å². The van der Waals surface area contributed by atoms with Crippen molar-refractivity contribution in [1.82, 2.24) is 4.72 Å². The molecule has 0 aliphatic carbocycles. The van der Waals surface area contributed by atoms with Crippen molar-refractivity contribution in [1.29, 1.82) is 0 Å². The molecular weight excluding hydrogens is 647 g/mol. The van der Waals surface area contributed by atoms with Gasteiger partial charge in [0.1, 0.15) is 17.7 Å². The Balaban J connectivity index is 1.33. The van der Waals surface area contributed by atoms with Gasteiger partial charge >= 0.3 is 5.97 Å². The predicted molar refractivity (Wildman–Crippen MR) is 170 cm³/mol. The first-order valence-electron chi connectivity index (χ1n) is 15.1. The molecule has 1 unspecified atom stereocenters. The third-order valence-corrected chi connectivity index (χ3v) is 8.86. The van der Waals surface area contributed by atoms with Crippen LogP contribution < -0.4 is 14.4 Å². The van der Waals surface area contributed by atoms with E-state index in [-0.39, 0.29) is 25.3 Å². The average molecular weight is 683 g/mol. The van der Waals surface area contributed by atoms with Crippen molar-refractivity contribution in [2.45, 2.75) is 56.0 Å². The maximum absolute atomic E-state index is 13.6. The molecule has 2 aliphatic rings. The van der Waals surface area contributed by atoms with Crippen LogP contribution in [0.2, 0.25) is 0 Å². The topological polar surface area (TPSA) is 183 Å². The summed E-state index contributed by atoms with van der Waals surface area (Å²) in [6.07, 6.45) is -5.15. The number of aliphatic carboxylic acids is 1. The van der Waals surface area contributed by atoms with Gasteiger partial charge in [-0.3, -0.25) is 4.79 Å².